The van der Waals surface area contributed by atoms with E-state index in [0.717, 1.165) is 31.2 Å². The van der Waals surface area contributed by atoms with E-state index in [2.05, 4.69) is 31.3 Å². The monoisotopic (exact) mass is 330 g/mol. The third kappa shape index (κ3) is 7.02. The second-order valence-electron chi connectivity index (χ2n) is 5.74. The first-order valence-electron chi connectivity index (χ1n) is 8.56. The summed E-state index contributed by atoms with van der Waals surface area (Å²) in [6.45, 7) is 6.51. The van der Waals surface area contributed by atoms with Gasteiger partial charge >= 0.3 is 0 Å². The van der Waals surface area contributed by atoms with Crippen LogP contribution >= 0.6 is 0 Å². The van der Waals surface area contributed by atoms with Crippen LogP contribution in [0.25, 0.3) is 0 Å². The molecule has 2 aromatic carbocycles. The molecule has 0 bridgehead atoms. The van der Waals surface area contributed by atoms with Crippen LogP contribution in [-0.2, 0) is 11.3 Å². The van der Waals surface area contributed by atoms with Crippen molar-refractivity contribution in [3.63, 3.8) is 0 Å². The summed E-state index contributed by atoms with van der Waals surface area (Å²) in [5.74, 6) is 1.65. The van der Waals surface area contributed by atoms with E-state index in [-0.39, 0.29) is 0 Å². The molecule has 0 saturated heterocycles. The molecule has 1 unspecified atom stereocenters. The van der Waals surface area contributed by atoms with Crippen molar-refractivity contribution in [3.8, 4) is 11.5 Å². The SMILES string of the molecule is CCOc1cccc(OCCOCC[NH+](C)Cc2ccccc2)c1. The average molecular weight is 330 g/mol. The van der Waals surface area contributed by atoms with E-state index >= 15 is 0 Å². The van der Waals surface area contributed by atoms with Gasteiger partial charge < -0.3 is 19.1 Å². The van der Waals surface area contributed by atoms with Crippen molar-refractivity contribution >= 4 is 0 Å². The predicted octanol–water partition coefficient (Wildman–Crippen LogP) is 2.20. The summed E-state index contributed by atoms with van der Waals surface area (Å²) in [6, 6.07) is 18.2. The van der Waals surface area contributed by atoms with Crippen LogP contribution in [0.15, 0.2) is 54.6 Å². The molecule has 0 aliphatic rings. The van der Waals surface area contributed by atoms with Gasteiger partial charge in [0.05, 0.1) is 26.9 Å². The molecule has 0 aromatic heterocycles. The first-order chi connectivity index (χ1) is 11.8. The van der Waals surface area contributed by atoms with E-state index < -0.39 is 0 Å². The standard InChI is InChI=1S/C20H27NO3/c1-3-23-19-10-7-11-20(16-19)24-15-14-22-13-12-21(2)17-18-8-5-4-6-9-18/h4-11,16H,3,12-15,17H2,1-2H3/p+1. The van der Waals surface area contributed by atoms with Crippen LogP contribution in [0.1, 0.15) is 12.5 Å². The van der Waals surface area contributed by atoms with Crippen molar-refractivity contribution in [2.24, 2.45) is 0 Å². The van der Waals surface area contributed by atoms with Gasteiger partial charge in [-0.2, -0.15) is 0 Å². The first kappa shape index (κ1) is 18.3. The summed E-state index contributed by atoms with van der Waals surface area (Å²) >= 11 is 0. The molecule has 0 radical (unpaired) electrons. The Balaban J connectivity index is 1.56. The minimum absolute atomic E-state index is 0.549. The molecule has 0 heterocycles. The van der Waals surface area contributed by atoms with Crippen LogP contribution in [0.4, 0.5) is 0 Å². The van der Waals surface area contributed by atoms with Crippen LogP contribution in [0, 0.1) is 0 Å². The Kier molecular flexibility index (Phi) is 8.15. The van der Waals surface area contributed by atoms with Crippen molar-refractivity contribution < 1.29 is 19.1 Å². The van der Waals surface area contributed by atoms with Crippen molar-refractivity contribution in [1.82, 2.24) is 0 Å². The first-order valence-corrected chi connectivity index (χ1v) is 8.56. The number of rotatable bonds is 11. The van der Waals surface area contributed by atoms with Gasteiger partial charge in [-0.05, 0) is 19.1 Å². The zero-order chi connectivity index (χ0) is 17.0. The zero-order valence-corrected chi connectivity index (χ0v) is 14.7. The average Bonchev–Trinajstić information content (AvgIpc) is 2.59. The topological polar surface area (TPSA) is 32.1 Å². The maximum Gasteiger partial charge on any atom is 0.123 e. The smallest absolute Gasteiger partial charge is 0.123 e. The number of benzene rings is 2. The summed E-state index contributed by atoms with van der Waals surface area (Å²) in [7, 11) is 2.19. The maximum absolute atomic E-state index is 5.68. The summed E-state index contributed by atoms with van der Waals surface area (Å²) in [5, 5.41) is 0. The summed E-state index contributed by atoms with van der Waals surface area (Å²) in [5.41, 5.74) is 1.35. The fraction of sp³-hybridized carbons (Fsp3) is 0.400. The Bertz CT molecular complexity index is 574. The van der Waals surface area contributed by atoms with Gasteiger partial charge in [0.1, 0.15) is 31.2 Å². The second kappa shape index (κ2) is 10.7. The van der Waals surface area contributed by atoms with Crippen molar-refractivity contribution in [3.05, 3.63) is 60.2 Å². The van der Waals surface area contributed by atoms with E-state index in [0.29, 0.717) is 19.8 Å². The van der Waals surface area contributed by atoms with Crippen LogP contribution in [0.5, 0.6) is 11.5 Å². The molecule has 0 amide bonds. The van der Waals surface area contributed by atoms with Crippen molar-refractivity contribution in [2.75, 3.05) is 40.0 Å². The molecular formula is C20H28NO3+. The quantitative estimate of drug-likeness (QED) is 0.641. The van der Waals surface area contributed by atoms with Gasteiger partial charge in [-0.25, -0.2) is 0 Å². The molecule has 130 valence electrons. The number of quaternary nitrogens is 1. The maximum atomic E-state index is 5.68. The molecule has 1 atom stereocenters. The van der Waals surface area contributed by atoms with Crippen molar-refractivity contribution in [2.45, 2.75) is 13.5 Å². The summed E-state index contributed by atoms with van der Waals surface area (Å²) in [4.78, 5) is 1.44. The second-order valence-corrected chi connectivity index (χ2v) is 5.74. The van der Waals surface area contributed by atoms with Gasteiger partial charge in [0.2, 0.25) is 0 Å². The Morgan fingerprint density at radius 1 is 0.833 bits per heavy atom. The Morgan fingerprint density at radius 2 is 1.58 bits per heavy atom. The molecule has 0 aliphatic carbocycles. The summed E-state index contributed by atoms with van der Waals surface area (Å²) < 4.78 is 16.8. The largest absolute Gasteiger partial charge is 0.494 e. The van der Waals surface area contributed by atoms with E-state index in [4.69, 9.17) is 14.2 Å². The van der Waals surface area contributed by atoms with Gasteiger partial charge in [0.15, 0.2) is 0 Å². The number of nitrogens with one attached hydrogen (secondary N) is 1. The third-order valence-corrected chi connectivity index (χ3v) is 3.63. The zero-order valence-electron chi connectivity index (χ0n) is 14.7. The van der Waals surface area contributed by atoms with E-state index in [1.54, 1.807) is 0 Å². The molecule has 0 aliphatic heterocycles. The Morgan fingerprint density at radius 3 is 2.33 bits per heavy atom. The lowest BCUT2D eigenvalue weighted by molar-refractivity contribution is -0.894. The van der Waals surface area contributed by atoms with Crippen LogP contribution in [0.3, 0.4) is 0 Å². The highest BCUT2D eigenvalue weighted by atomic mass is 16.5. The summed E-state index contributed by atoms with van der Waals surface area (Å²) in [6.07, 6.45) is 0. The molecule has 0 fully saturated rings. The molecule has 2 aromatic rings. The Labute approximate surface area is 145 Å². The lowest BCUT2D eigenvalue weighted by Crippen LogP contribution is -3.08. The minimum Gasteiger partial charge on any atom is -0.494 e. The molecule has 0 spiro atoms. The lowest BCUT2D eigenvalue weighted by Gasteiger charge is -2.14. The van der Waals surface area contributed by atoms with Gasteiger partial charge in [-0.3, -0.25) is 0 Å². The molecule has 0 saturated carbocycles. The van der Waals surface area contributed by atoms with Crippen LogP contribution < -0.4 is 14.4 Å². The molecule has 4 nitrogen and oxygen atoms in total. The third-order valence-electron chi connectivity index (χ3n) is 3.63. The number of likely N-dealkylation sites (N-methyl/N-ethyl adjacent to an activating group) is 1. The number of hydrogen-bond acceptors (Lipinski definition) is 3. The highest BCUT2D eigenvalue weighted by Crippen LogP contribution is 2.19. The molecule has 4 heteroatoms. The van der Waals surface area contributed by atoms with Crippen LogP contribution in [-0.4, -0.2) is 40.0 Å². The normalized spacial score (nSPS) is 11.9. The van der Waals surface area contributed by atoms with Gasteiger partial charge in [-0.1, -0.05) is 36.4 Å². The minimum atomic E-state index is 0.549. The highest BCUT2D eigenvalue weighted by molar-refractivity contribution is 5.32. The van der Waals surface area contributed by atoms with Gasteiger partial charge in [0, 0.05) is 11.6 Å². The van der Waals surface area contributed by atoms with Gasteiger partial charge in [-0.15, -0.1) is 0 Å². The highest BCUT2D eigenvalue weighted by Gasteiger charge is 2.03. The lowest BCUT2D eigenvalue weighted by atomic mass is 10.2. The number of ether oxygens (including phenoxy) is 3. The number of hydrogen-bond donors (Lipinski definition) is 1. The van der Waals surface area contributed by atoms with Crippen LogP contribution in [0.2, 0.25) is 0 Å². The molecule has 2 rings (SSSR count). The van der Waals surface area contributed by atoms with E-state index in [1.165, 1.54) is 10.5 Å². The molecular weight excluding hydrogens is 302 g/mol. The fourth-order valence-corrected chi connectivity index (χ4v) is 2.42. The molecule has 1 N–H and O–H groups in total. The van der Waals surface area contributed by atoms with E-state index in [1.807, 2.05) is 37.3 Å². The fourth-order valence-electron chi connectivity index (χ4n) is 2.42. The predicted molar refractivity (Wildman–Crippen MR) is 95.8 cm³/mol. The molecule has 24 heavy (non-hydrogen) atoms. The Hall–Kier alpha value is -2.04. The van der Waals surface area contributed by atoms with Gasteiger partial charge in [0.25, 0.3) is 0 Å². The van der Waals surface area contributed by atoms with E-state index in [9.17, 15) is 0 Å². The van der Waals surface area contributed by atoms with Crippen molar-refractivity contribution in [1.29, 1.82) is 0 Å².